The maximum absolute atomic E-state index is 12.2. The van der Waals surface area contributed by atoms with Crippen LogP contribution in [0.1, 0.15) is 12.5 Å². The molecule has 0 aliphatic heterocycles. The van der Waals surface area contributed by atoms with Gasteiger partial charge in [-0.2, -0.15) is 0 Å². The zero-order chi connectivity index (χ0) is 16.5. The van der Waals surface area contributed by atoms with E-state index in [1.165, 1.54) is 0 Å². The van der Waals surface area contributed by atoms with E-state index in [1.807, 2.05) is 43.3 Å². The van der Waals surface area contributed by atoms with Crippen molar-refractivity contribution in [3.63, 3.8) is 0 Å². The van der Waals surface area contributed by atoms with Gasteiger partial charge in [0.15, 0.2) is 9.84 Å². The number of hydrogen-bond donors (Lipinski definition) is 1. The molecule has 0 aromatic heterocycles. The van der Waals surface area contributed by atoms with Gasteiger partial charge in [-0.15, -0.1) is 0 Å². The molecule has 5 heteroatoms. The minimum Gasteiger partial charge on any atom is -0.375 e. The molecule has 1 N–H and O–H groups in total. The fraction of sp³-hybridized carbons (Fsp3) is 0.333. The van der Waals surface area contributed by atoms with E-state index in [0.717, 1.165) is 5.56 Å². The second-order valence-corrected chi connectivity index (χ2v) is 7.52. The zero-order valence-electron chi connectivity index (χ0n) is 13.3. The van der Waals surface area contributed by atoms with Crippen LogP contribution < -0.4 is 5.32 Å². The molecular formula is C18H23NO3S. The lowest BCUT2D eigenvalue weighted by Gasteiger charge is -2.14. The SMILES string of the molecule is C[C@H](CS(=O)(=O)c1ccccc1)NCCOCc1ccccc1. The first kappa shape index (κ1) is 17.7. The van der Waals surface area contributed by atoms with Crippen molar-refractivity contribution in [2.45, 2.75) is 24.5 Å². The van der Waals surface area contributed by atoms with Crippen LogP contribution in [0, 0.1) is 0 Å². The monoisotopic (exact) mass is 333 g/mol. The Balaban J connectivity index is 1.68. The van der Waals surface area contributed by atoms with Gasteiger partial charge in [-0.05, 0) is 24.6 Å². The molecule has 0 bridgehead atoms. The predicted octanol–water partition coefficient (Wildman–Crippen LogP) is 2.66. The summed E-state index contributed by atoms with van der Waals surface area (Å²) >= 11 is 0. The smallest absolute Gasteiger partial charge is 0.179 e. The van der Waals surface area contributed by atoms with Gasteiger partial charge in [0, 0.05) is 12.6 Å². The van der Waals surface area contributed by atoms with Crippen molar-refractivity contribution in [2.24, 2.45) is 0 Å². The summed E-state index contributed by atoms with van der Waals surface area (Å²) in [5, 5.41) is 3.19. The van der Waals surface area contributed by atoms with E-state index >= 15 is 0 Å². The summed E-state index contributed by atoms with van der Waals surface area (Å²) in [7, 11) is -3.25. The van der Waals surface area contributed by atoms with Crippen molar-refractivity contribution in [1.82, 2.24) is 5.32 Å². The van der Waals surface area contributed by atoms with Crippen LogP contribution in [0.5, 0.6) is 0 Å². The standard InChI is InChI=1S/C18H23NO3S/c1-16(15-23(20,21)18-10-6-3-7-11-18)19-12-13-22-14-17-8-4-2-5-9-17/h2-11,16,19H,12-15H2,1H3/t16-/m1/s1. The molecule has 1 atom stereocenters. The molecule has 23 heavy (non-hydrogen) atoms. The largest absolute Gasteiger partial charge is 0.375 e. The maximum atomic E-state index is 12.2. The Hall–Kier alpha value is -1.69. The summed E-state index contributed by atoms with van der Waals surface area (Å²) in [5.41, 5.74) is 1.13. The van der Waals surface area contributed by atoms with Crippen LogP contribution in [0.25, 0.3) is 0 Å². The van der Waals surface area contributed by atoms with Crippen molar-refractivity contribution in [3.05, 3.63) is 66.2 Å². The van der Waals surface area contributed by atoms with E-state index in [4.69, 9.17) is 4.74 Å². The normalized spacial score (nSPS) is 12.9. The molecule has 0 aliphatic carbocycles. The van der Waals surface area contributed by atoms with Gasteiger partial charge in [-0.25, -0.2) is 8.42 Å². The first-order valence-electron chi connectivity index (χ1n) is 7.71. The number of sulfone groups is 1. The van der Waals surface area contributed by atoms with Gasteiger partial charge < -0.3 is 10.1 Å². The van der Waals surface area contributed by atoms with E-state index in [9.17, 15) is 8.42 Å². The van der Waals surface area contributed by atoms with Crippen molar-refractivity contribution in [1.29, 1.82) is 0 Å². The third-order valence-corrected chi connectivity index (χ3v) is 5.35. The summed E-state index contributed by atoms with van der Waals surface area (Å²) in [6.07, 6.45) is 0. The number of ether oxygens (including phenoxy) is 1. The van der Waals surface area contributed by atoms with Crippen molar-refractivity contribution >= 4 is 9.84 Å². The molecule has 0 amide bonds. The molecule has 0 heterocycles. The molecule has 2 rings (SSSR count). The molecule has 0 radical (unpaired) electrons. The Morgan fingerprint density at radius 2 is 1.61 bits per heavy atom. The Morgan fingerprint density at radius 3 is 2.26 bits per heavy atom. The molecule has 0 saturated carbocycles. The zero-order valence-corrected chi connectivity index (χ0v) is 14.1. The van der Waals surface area contributed by atoms with E-state index in [1.54, 1.807) is 24.3 Å². The number of rotatable bonds is 9. The first-order valence-corrected chi connectivity index (χ1v) is 9.36. The quantitative estimate of drug-likeness (QED) is 0.717. The van der Waals surface area contributed by atoms with Crippen LogP contribution >= 0.6 is 0 Å². The van der Waals surface area contributed by atoms with Gasteiger partial charge >= 0.3 is 0 Å². The first-order chi connectivity index (χ1) is 11.1. The predicted molar refractivity (Wildman–Crippen MR) is 92.1 cm³/mol. The lowest BCUT2D eigenvalue weighted by atomic mass is 10.2. The minimum atomic E-state index is -3.25. The summed E-state index contributed by atoms with van der Waals surface area (Å²) in [4.78, 5) is 0.369. The van der Waals surface area contributed by atoms with Crippen LogP contribution in [-0.2, 0) is 21.2 Å². The highest BCUT2D eigenvalue weighted by Gasteiger charge is 2.17. The van der Waals surface area contributed by atoms with Gasteiger partial charge in [-0.3, -0.25) is 0 Å². The van der Waals surface area contributed by atoms with E-state index in [0.29, 0.717) is 24.7 Å². The fourth-order valence-electron chi connectivity index (χ4n) is 2.25. The summed E-state index contributed by atoms with van der Waals surface area (Å²) in [6.45, 7) is 3.61. The van der Waals surface area contributed by atoms with Gasteiger partial charge in [-0.1, -0.05) is 48.5 Å². The van der Waals surface area contributed by atoms with Crippen molar-refractivity contribution in [3.8, 4) is 0 Å². The number of benzene rings is 2. The molecule has 2 aromatic carbocycles. The third-order valence-electron chi connectivity index (χ3n) is 3.42. The lowest BCUT2D eigenvalue weighted by Crippen LogP contribution is -2.35. The summed E-state index contributed by atoms with van der Waals surface area (Å²) in [6, 6.07) is 18.4. The Bertz CT molecular complexity index is 672. The summed E-state index contributed by atoms with van der Waals surface area (Å²) < 4.78 is 30.1. The Kier molecular flexibility index (Phi) is 6.77. The number of hydrogen-bond acceptors (Lipinski definition) is 4. The van der Waals surface area contributed by atoms with E-state index < -0.39 is 9.84 Å². The van der Waals surface area contributed by atoms with Crippen LogP contribution in [-0.4, -0.2) is 33.4 Å². The van der Waals surface area contributed by atoms with Crippen LogP contribution in [0.15, 0.2) is 65.6 Å². The molecule has 0 spiro atoms. The fourth-order valence-corrected chi connectivity index (χ4v) is 3.79. The average Bonchev–Trinajstić information content (AvgIpc) is 2.56. The van der Waals surface area contributed by atoms with Crippen molar-refractivity contribution in [2.75, 3.05) is 18.9 Å². The second-order valence-electron chi connectivity index (χ2n) is 5.49. The van der Waals surface area contributed by atoms with Gasteiger partial charge in [0.25, 0.3) is 0 Å². The Morgan fingerprint density at radius 1 is 1.00 bits per heavy atom. The molecule has 0 fully saturated rings. The van der Waals surface area contributed by atoms with E-state index in [2.05, 4.69) is 5.32 Å². The highest BCUT2D eigenvalue weighted by molar-refractivity contribution is 7.91. The highest BCUT2D eigenvalue weighted by atomic mass is 32.2. The van der Waals surface area contributed by atoms with Crippen LogP contribution in [0.4, 0.5) is 0 Å². The van der Waals surface area contributed by atoms with Gasteiger partial charge in [0.1, 0.15) is 0 Å². The maximum Gasteiger partial charge on any atom is 0.179 e. The van der Waals surface area contributed by atoms with E-state index in [-0.39, 0.29) is 11.8 Å². The molecule has 2 aromatic rings. The molecule has 0 aliphatic rings. The average molecular weight is 333 g/mol. The topological polar surface area (TPSA) is 55.4 Å². The highest BCUT2D eigenvalue weighted by Crippen LogP contribution is 2.11. The van der Waals surface area contributed by atoms with Crippen LogP contribution in [0.3, 0.4) is 0 Å². The summed E-state index contributed by atoms with van der Waals surface area (Å²) in [5.74, 6) is 0.0791. The second kappa shape index (κ2) is 8.82. The lowest BCUT2D eigenvalue weighted by molar-refractivity contribution is 0.121. The number of nitrogens with one attached hydrogen (secondary N) is 1. The minimum absolute atomic E-state index is 0.0791. The van der Waals surface area contributed by atoms with Gasteiger partial charge in [0.05, 0.1) is 23.9 Å². The molecule has 0 saturated heterocycles. The third kappa shape index (κ3) is 6.14. The Labute approximate surface area is 138 Å². The molecule has 4 nitrogen and oxygen atoms in total. The molecule has 124 valence electrons. The van der Waals surface area contributed by atoms with Gasteiger partial charge in [0.2, 0.25) is 0 Å². The molecule has 0 unspecified atom stereocenters. The van der Waals surface area contributed by atoms with Crippen molar-refractivity contribution < 1.29 is 13.2 Å². The molecular weight excluding hydrogens is 310 g/mol. The van der Waals surface area contributed by atoms with Crippen LogP contribution in [0.2, 0.25) is 0 Å².